The predicted molar refractivity (Wildman–Crippen MR) is 175 cm³/mol. The molecule has 1 saturated carbocycles. The molecule has 1 aliphatic heterocycles. The quantitative estimate of drug-likeness (QED) is 0.208. The van der Waals surface area contributed by atoms with Gasteiger partial charge in [0.1, 0.15) is 12.1 Å². The Morgan fingerprint density at radius 1 is 0.957 bits per heavy atom. The summed E-state index contributed by atoms with van der Waals surface area (Å²) >= 11 is 12.6. The molecule has 1 saturated heterocycles. The molecular formula is C34H42Cl2N4O6. The van der Waals surface area contributed by atoms with E-state index in [1.54, 1.807) is 36.4 Å². The third-order valence-electron chi connectivity index (χ3n) is 8.37. The zero-order chi connectivity index (χ0) is 33.6. The fraction of sp³-hybridized carbons (Fsp3) is 0.500. The first-order valence-corrected chi connectivity index (χ1v) is 16.4. The second kappa shape index (κ2) is 15.3. The Kier molecular flexibility index (Phi) is 11.7. The average Bonchev–Trinajstić information content (AvgIpc) is 3.72. The Balaban J connectivity index is 1.55. The van der Waals surface area contributed by atoms with Gasteiger partial charge in [0, 0.05) is 34.0 Å². The molecule has 12 heteroatoms. The lowest BCUT2D eigenvalue weighted by molar-refractivity contribution is -0.141. The van der Waals surface area contributed by atoms with E-state index in [0.29, 0.717) is 28.6 Å². The molecule has 4 atom stereocenters. The Morgan fingerprint density at radius 2 is 1.63 bits per heavy atom. The van der Waals surface area contributed by atoms with Gasteiger partial charge in [-0.25, -0.2) is 4.79 Å². The first-order chi connectivity index (χ1) is 21.7. The highest BCUT2D eigenvalue weighted by atomic mass is 35.5. The van der Waals surface area contributed by atoms with Crippen LogP contribution in [-0.2, 0) is 29.3 Å². The van der Waals surface area contributed by atoms with Crippen LogP contribution >= 0.6 is 23.2 Å². The van der Waals surface area contributed by atoms with Crippen LogP contribution < -0.4 is 21.3 Å². The molecule has 10 nitrogen and oxygen atoms in total. The van der Waals surface area contributed by atoms with Gasteiger partial charge >= 0.3 is 6.09 Å². The first kappa shape index (κ1) is 35.2. The van der Waals surface area contributed by atoms with Crippen molar-refractivity contribution in [3.8, 4) is 0 Å². The molecule has 0 spiro atoms. The Morgan fingerprint density at radius 3 is 2.22 bits per heavy atom. The van der Waals surface area contributed by atoms with Gasteiger partial charge in [0.15, 0.2) is 0 Å². The third kappa shape index (κ3) is 9.45. The second-order valence-corrected chi connectivity index (χ2v) is 14.0. The molecule has 2 aliphatic rings. The molecule has 0 aromatic heterocycles. The number of ether oxygens (including phenoxy) is 1. The van der Waals surface area contributed by atoms with Gasteiger partial charge in [-0.1, -0.05) is 75.2 Å². The fourth-order valence-electron chi connectivity index (χ4n) is 5.63. The Hall–Kier alpha value is -3.63. The van der Waals surface area contributed by atoms with Crippen molar-refractivity contribution < 1.29 is 28.7 Å². The van der Waals surface area contributed by atoms with Gasteiger partial charge in [0.05, 0.1) is 6.04 Å². The number of nitrogens with one attached hydrogen (secondary N) is 4. The number of Topliss-reactive ketones (excluding diaryl/α,β-unsaturated/α-hetero) is 1. The number of benzene rings is 2. The van der Waals surface area contributed by atoms with Gasteiger partial charge in [-0.15, -0.1) is 0 Å². The monoisotopic (exact) mass is 672 g/mol. The van der Waals surface area contributed by atoms with Crippen LogP contribution in [-0.4, -0.2) is 54.3 Å². The van der Waals surface area contributed by atoms with E-state index in [1.807, 2.05) is 39.8 Å². The molecule has 1 heterocycles. The molecule has 0 radical (unpaired) electrons. The first-order valence-electron chi connectivity index (χ1n) is 15.7. The summed E-state index contributed by atoms with van der Waals surface area (Å²) in [5, 5.41) is 11.7. The maximum Gasteiger partial charge on any atom is 0.408 e. The molecule has 2 fully saturated rings. The lowest BCUT2D eigenvalue weighted by atomic mass is 9.76. The number of alkyl carbamates (subject to hydrolysis) is 1. The van der Waals surface area contributed by atoms with E-state index in [2.05, 4.69) is 21.3 Å². The summed E-state index contributed by atoms with van der Waals surface area (Å²) in [6, 6.07) is 11.9. The average molecular weight is 674 g/mol. The SMILES string of the molecule is CC(C)C[C@H](NC(=O)OC(c1cccc(Cl)c1)C(C)(C)c1cccc(Cl)c1)C(=O)N[C@@H](C[C@@H]1CCNC1=O)C(=O)C(=O)NC1CC1. The van der Waals surface area contributed by atoms with Crippen LogP contribution in [0.15, 0.2) is 48.5 Å². The van der Waals surface area contributed by atoms with Crippen molar-refractivity contribution in [3.63, 3.8) is 0 Å². The molecule has 1 aliphatic carbocycles. The van der Waals surface area contributed by atoms with Crippen LogP contribution in [0.1, 0.15) is 77.0 Å². The normalized spacial score (nSPS) is 18.2. The van der Waals surface area contributed by atoms with E-state index in [9.17, 15) is 24.0 Å². The van der Waals surface area contributed by atoms with Crippen LogP contribution in [0, 0.1) is 11.8 Å². The van der Waals surface area contributed by atoms with Crippen molar-refractivity contribution in [2.75, 3.05) is 6.54 Å². The van der Waals surface area contributed by atoms with Crippen LogP contribution in [0.25, 0.3) is 0 Å². The molecular weight excluding hydrogens is 631 g/mol. The topological polar surface area (TPSA) is 143 Å². The van der Waals surface area contributed by atoms with E-state index >= 15 is 0 Å². The predicted octanol–water partition coefficient (Wildman–Crippen LogP) is 5.01. The number of halogens is 2. The van der Waals surface area contributed by atoms with E-state index in [1.165, 1.54) is 0 Å². The van der Waals surface area contributed by atoms with Crippen molar-refractivity contribution >= 4 is 52.8 Å². The van der Waals surface area contributed by atoms with Gasteiger partial charge in [-0.05, 0) is 73.4 Å². The minimum atomic E-state index is -1.24. The van der Waals surface area contributed by atoms with Crippen molar-refractivity contribution in [1.82, 2.24) is 21.3 Å². The van der Waals surface area contributed by atoms with Gasteiger partial charge in [-0.3, -0.25) is 19.2 Å². The molecule has 46 heavy (non-hydrogen) atoms. The number of carbonyl (C=O) groups is 5. The van der Waals surface area contributed by atoms with E-state index < -0.39 is 53.2 Å². The third-order valence-corrected chi connectivity index (χ3v) is 8.84. The summed E-state index contributed by atoms with van der Waals surface area (Å²) in [7, 11) is 0. The smallest absolute Gasteiger partial charge is 0.408 e. The minimum Gasteiger partial charge on any atom is -0.440 e. The van der Waals surface area contributed by atoms with E-state index in [4.69, 9.17) is 27.9 Å². The summed E-state index contributed by atoms with van der Waals surface area (Å²) in [5.74, 6) is -3.08. The van der Waals surface area contributed by atoms with Crippen molar-refractivity contribution in [2.24, 2.45) is 11.8 Å². The van der Waals surface area contributed by atoms with Crippen molar-refractivity contribution in [1.29, 1.82) is 0 Å². The summed E-state index contributed by atoms with van der Waals surface area (Å²) in [6.45, 7) is 8.06. The molecule has 2 aromatic rings. The fourth-order valence-corrected chi connectivity index (χ4v) is 6.02. The standard InChI is InChI=1S/C34H42Cl2N4O6/c1-19(2)15-27(31(43)39-26(17-21-13-14-37-30(21)42)28(41)32(44)38-25-11-12-25)40-33(45)46-29(20-7-5-9-23(35)16-20)34(3,4)22-8-6-10-24(36)18-22/h5-10,16,18-19,21,25-27,29H,11-15,17H2,1-4H3,(H,37,42)(H,38,44)(H,39,43)(H,40,45)/t21-,26-,27-,29?/m0/s1. The number of rotatable bonds is 14. The summed E-state index contributed by atoms with van der Waals surface area (Å²) in [6.07, 6.45) is 0.550. The van der Waals surface area contributed by atoms with Gasteiger partial charge < -0.3 is 26.0 Å². The highest BCUT2D eigenvalue weighted by molar-refractivity contribution is 6.38. The largest absolute Gasteiger partial charge is 0.440 e. The van der Waals surface area contributed by atoms with Crippen molar-refractivity contribution in [3.05, 3.63) is 69.7 Å². The van der Waals surface area contributed by atoms with E-state index in [-0.39, 0.29) is 30.7 Å². The van der Waals surface area contributed by atoms with Gasteiger partial charge in [0.2, 0.25) is 17.6 Å². The highest BCUT2D eigenvalue weighted by Crippen LogP contribution is 2.41. The number of amides is 4. The zero-order valence-corrected chi connectivity index (χ0v) is 28.0. The lowest BCUT2D eigenvalue weighted by Gasteiger charge is -2.35. The van der Waals surface area contributed by atoms with Crippen molar-refractivity contribution in [2.45, 2.75) is 89.4 Å². The van der Waals surface area contributed by atoms with E-state index in [0.717, 1.165) is 18.4 Å². The van der Waals surface area contributed by atoms with Crippen LogP contribution in [0.5, 0.6) is 0 Å². The molecule has 2 aromatic carbocycles. The van der Waals surface area contributed by atoms with Gasteiger partial charge in [0.25, 0.3) is 5.91 Å². The Bertz CT molecular complexity index is 1460. The van der Waals surface area contributed by atoms with Crippen LogP contribution in [0.2, 0.25) is 10.0 Å². The number of carbonyl (C=O) groups excluding carboxylic acids is 5. The van der Waals surface area contributed by atoms with Gasteiger partial charge in [-0.2, -0.15) is 0 Å². The minimum absolute atomic E-state index is 0.0298. The molecule has 0 bridgehead atoms. The zero-order valence-electron chi connectivity index (χ0n) is 26.5. The second-order valence-electron chi connectivity index (χ2n) is 13.1. The van der Waals surface area contributed by atoms with Crippen LogP contribution in [0.3, 0.4) is 0 Å². The molecule has 4 N–H and O–H groups in total. The maximum absolute atomic E-state index is 13.7. The number of hydrogen-bond donors (Lipinski definition) is 4. The molecule has 248 valence electrons. The summed E-state index contributed by atoms with van der Waals surface area (Å²) < 4.78 is 6.06. The molecule has 4 amide bonds. The summed E-state index contributed by atoms with van der Waals surface area (Å²) in [4.78, 5) is 65.5. The molecule has 4 rings (SSSR count). The summed E-state index contributed by atoms with van der Waals surface area (Å²) in [5.41, 5.74) is 0.674. The lowest BCUT2D eigenvalue weighted by Crippen LogP contribution is -2.55. The number of hydrogen-bond acceptors (Lipinski definition) is 6. The highest BCUT2D eigenvalue weighted by Gasteiger charge is 2.39. The molecule has 1 unspecified atom stereocenters. The Labute approximate surface area is 279 Å². The maximum atomic E-state index is 13.7. The number of ketones is 1. The van der Waals surface area contributed by atoms with Crippen LogP contribution in [0.4, 0.5) is 4.79 Å².